The van der Waals surface area contributed by atoms with Crippen LogP contribution in [0.1, 0.15) is 71.8 Å². The summed E-state index contributed by atoms with van der Waals surface area (Å²) in [7, 11) is 0. The third kappa shape index (κ3) is 3.84. The van der Waals surface area contributed by atoms with Crippen molar-refractivity contribution in [1.82, 2.24) is 14.6 Å². The Morgan fingerprint density at radius 1 is 1.12 bits per heavy atom. The predicted octanol–water partition coefficient (Wildman–Crippen LogP) is 4.86. The van der Waals surface area contributed by atoms with Crippen molar-refractivity contribution < 1.29 is 18.0 Å². The fourth-order valence-electron chi connectivity index (χ4n) is 5.28. The molecule has 1 aliphatic heterocycles. The number of hydrogen-bond donors (Lipinski definition) is 2. The average molecular weight is 473 g/mol. The minimum absolute atomic E-state index is 0.0238. The number of halogens is 3. The zero-order valence-corrected chi connectivity index (χ0v) is 18.8. The van der Waals surface area contributed by atoms with Gasteiger partial charge in [-0.15, -0.1) is 0 Å². The van der Waals surface area contributed by atoms with Gasteiger partial charge in [-0.3, -0.25) is 9.59 Å². The molecule has 34 heavy (non-hydrogen) atoms. The van der Waals surface area contributed by atoms with Crippen LogP contribution in [0.15, 0.2) is 29.1 Å². The Morgan fingerprint density at radius 3 is 2.47 bits per heavy atom. The number of fused-ring (bicyclic) bond motifs is 1. The molecule has 1 aliphatic carbocycles. The summed E-state index contributed by atoms with van der Waals surface area (Å²) in [5.74, 6) is -1.00. The maximum atomic E-state index is 13.8. The van der Waals surface area contributed by atoms with Crippen LogP contribution in [0.25, 0.3) is 5.65 Å². The van der Waals surface area contributed by atoms with Crippen LogP contribution in [-0.4, -0.2) is 33.6 Å². The number of aryl methyl sites for hydroxylation is 1. The first kappa shape index (κ1) is 22.5. The Kier molecular flexibility index (Phi) is 5.61. The molecule has 1 amide bonds. The van der Waals surface area contributed by atoms with Crippen LogP contribution in [0.4, 0.5) is 24.5 Å². The second kappa shape index (κ2) is 8.48. The van der Waals surface area contributed by atoms with Crippen LogP contribution >= 0.6 is 0 Å². The summed E-state index contributed by atoms with van der Waals surface area (Å²) in [4.78, 5) is 31.5. The number of carbonyl (C=O) groups excluding carboxylic acids is 1. The highest BCUT2D eigenvalue weighted by molar-refractivity contribution is 6.06. The summed E-state index contributed by atoms with van der Waals surface area (Å²) in [6.45, 7) is 3.27. The number of rotatable bonds is 4. The fourth-order valence-corrected chi connectivity index (χ4v) is 5.28. The van der Waals surface area contributed by atoms with Crippen LogP contribution in [-0.2, 0) is 6.18 Å². The summed E-state index contributed by atoms with van der Waals surface area (Å²) < 4.78 is 42.2. The molecule has 2 N–H and O–H groups in total. The van der Waals surface area contributed by atoms with Crippen LogP contribution in [0, 0.1) is 6.92 Å². The van der Waals surface area contributed by atoms with Gasteiger partial charge in [0.05, 0.1) is 11.4 Å². The number of aromatic amines is 1. The van der Waals surface area contributed by atoms with Gasteiger partial charge in [0.1, 0.15) is 11.2 Å². The molecule has 0 bridgehead atoms. The van der Waals surface area contributed by atoms with E-state index in [4.69, 9.17) is 0 Å². The highest BCUT2D eigenvalue weighted by Crippen LogP contribution is 2.42. The van der Waals surface area contributed by atoms with E-state index in [9.17, 15) is 22.8 Å². The lowest BCUT2D eigenvalue weighted by Gasteiger charge is -2.21. The lowest BCUT2D eigenvalue weighted by atomic mass is 9.97. The Bertz CT molecular complexity index is 1300. The van der Waals surface area contributed by atoms with Crippen molar-refractivity contribution in [2.45, 2.75) is 57.5 Å². The average Bonchev–Trinajstić information content (AvgIpc) is 3.54. The monoisotopic (exact) mass is 473 g/mol. The van der Waals surface area contributed by atoms with Gasteiger partial charge in [0.15, 0.2) is 5.69 Å². The number of para-hydroxylation sites is 2. The van der Waals surface area contributed by atoms with E-state index in [1.54, 1.807) is 12.1 Å². The van der Waals surface area contributed by atoms with Gasteiger partial charge in [0.2, 0.25) is 0 Å². The topological polar surface area (TPSA) is 82.5 Å². The molecule has 1 aromatic carbocycles. The van der Waals surface area contributed by atoms with E-state index < -0.39 is 23.3 Å². The smallest absolute Gasteiger partial charge is 0.370 e. The molecule has 10 heteroatoms. The lowest BCUT2D eigenvalue weighted by molar-refractivity contribution is -0.142. The minimum Gasteiger partial charge on any atom is -0.370 e. The van der Waals surface area contributed by atoms with Crippen LogP contribution in [0.3, 0.4) is 0 Å². The SMILES string of the molecule is Cc1[nH]c2c(C3CCCC3)c(C(F)(F)F)nn2c(=O)c1C(=O)Nc1ccccc1N1CCCC1. The van der Waals surface area contributed by atoms with Gasteiger partial charge in [0.25, 0.3) is 11.5 Å². The van der Waals surface area contributed by atoms with E-state index in [2.05, 4.69) is 20.3 Å². The summed E-state index contributed by atoms with van der Waals surface area (Å²) in [6, 6.07) is 7.31. The van der Waals surface area contributed by atoms with Gasteiger partial charge >= 0.3 is 6.18 Å². The first-order valence-corrected chi connectivity index (χ1v) is 11.6. The third-order valence-corrected chi connectivity index (χ3v) is 6.87. The highest BCUT2D eigenvalue weighted by Gasteiger charge is 2.41. The Morgan fingerprint density at radius 2 is 1.79 bits per heavy atom. The van der Waals surface area contributed by atoms with Crippen LogP contribution < -0.4 is 15.8 Å². The fraction of sp³-hybridized carbons (Fsp3) is 0.458. The summed E-state index contributed by atoms with van der Waals surface area (Å²) in [6.07, 6.45) is 0.305. The quantitative estimate of drug-likeness (QED) is 0.567. The standard InChI is InChI=1S/C24H26F3N5O2/c1-14-18(22(33)29-16-10-4-5-11-17(16)31-12-6-7-13-31)23(34)32-21(28-14)19(15-8-2-3-9-15)20(30-32)24(25,26)27/h4-5,10-11,15,28H,2-3,6-9,12-13H2,1H3,(H,29,33). The first-order chi connectivity index (χ1) is 16.3. The lowest BCUT2D eigenvalue weighted by Crippen LogP contribution is -2.30. The van der Waals surface area contributed by atoms with Gasteiger partial charge in [-0.1, -0.05) is 25.0 Å². The highest BCUT2D eigenvalue weighted by atomic mass is 19.4. The molecule has 5 rings (SSSR count). The van der Waals surface area contributed by atoms with Crippen molar-refractivity contribution in [3.05, 3.63) is 57.1 Å². The Balaban J connectivity index is 1.58. The number of H-pyrrole nitrogens is 1. The van der Waals surface area contributed by atoms with E-state index in [1.807, 2.05) is 12.1 Å². The minimum atomic E-state index is -4.70. The number of hydrogen-bond acceptors (Lipinski definition) is 4. The van der Waals surface area contributed by atoms with E-state index in [1.165, 1.54) is 6.92 Å². The maximum Gasteiger partial charge on any atom is 0.435 e. The first-order valence-electron chi connectivity index (χ1n) is 11.6. The molecular formula is C24H26F3N5O2. The van der Waals surface area contributed by atoms with Crippen LogP contribution in [0.5, 0.6) is 0 Å². The van der Waals surface area contributed by atoms with Crippen molar-refractivity contribution in [3.63, 3.8) is 0 Å². The van der Waals surface area contributed by atoms with E-state index in [-0.39, 0.29) is 28.4 Å². The van der Waals surface area contributed by atoms with Gasteiger partial charge in [-0.2, -0.15) is 22.8 Å². The number of carbonyl (C=O) groups is 1. The molecule has 2 fully saturated rings. The van der Waals surface area contributed by atoms with E-state index in [0.717, 1.165) is 44.5 Å². The van der Waals surface area contributed by atoms with Crippen molar-refractivity contribution in [1.29, 1.82) is 0 Å². The van der Waals surface area contributed by atoms with Gasteiger partial charge in [-0.05, 0) is 50.7 Å². The molecule has 0 radical (unpaired) electrons. The maximum absolute atomic E-state index is 13.8. The second-order valence-electron chi connectivity index (χ2n) is 9.10. The molecule has 180 valence electrons. The van der Waals surface area contributed by atoms with E-state index >= 15 is 0 Å². The molecule has 1 saturated carbocycles. The molecule has 3 aromatic rings. The molecule has 0 atom stereocenters. The molecule has 2 aliphatic rings. The number of anilines is 2. The molecule has 0 spiro atoms. The Hall–Kier alpha value is -3.30. The van der Waals surface area contributed by atoms with Gasteiger partial charge in [-0.25, -0.2) is 0 Å². The summed E-state index contributed by atoms with van der Waals surface area (Å²) in [5, 5.41) is 6.45. The normalized spacial score (nSPS) is 17.1. The number of nitrogens with zero attached hydrogens (tertiary/aromatic N) is 3. The van der Waals surface area contributed by atoms with Crippen LogP contribution in [0.2, 0.25) is 0 Å². The van der Waals surface area contributed by atoms with Gasteiger partial charge in [0, 0.05) is 24.3 Å². The molecule has 7 nitrogen and oxygen atoms in total. The number of benzene rings is 1. The Labute approximate surface area is 194 Å². The molecule has 2 aromatic heterocycles. The van der Waals surface area contributed by atoms with Crippen molar-refractivity contribution in [2.24, 2.45) is 0 Å². The predicted molar refractivity (Wildman–Crippen MR) is 123 cm³/mol. The summed E-state index contributed by atoms with van der Waals surface area (Å²) in [5.41, 5.74) is -0.505. The number of aromatic nitrogens is 3. The zero-order chi connectivity index (χ0) is 24.0. The second-order valence-corrected chi connectivity index (χ2v) is 9.10. The van der Waals surface area contributed by atoms with Gasteiger partial charge < -0.3 is 15.2 Å². The molecule has 0 unspecified atom stereocenters. The number of nitrogens with one attached hydrogen (secondary N) is 2. The van der Waals surface area contributed by atoms with Crippen molar-refractivity contribution in [3.8, 4) is 0 Å². The van der Waals surface area contributed by atoms with Crippen molar-refractivity contribution >= 4 is 22.9 Å². The largest absolute Gasteiger partial charge is 0.435 e. The third-order valence-electron chi connectivity index (χ3n) is 6.87. The van der Waals surface area contributed by atoms with Crippen molar-refractivity contribution in [2.75, 3.05) is 23.3 Å². The number of alkyl halides is 3. The zero-order valence-electron chi connectivity index (χ0n) is 18.8. The molecule has 3 heterocycles. The van der Waals surface area contributed by atoms with E-state index in [0.29, 0.717) is 23.0 Å². The number of amides is 1. The molecule has 1 saturated heterocycles. The summed E-state index contributed by atoms with van der Waals surface area (Å²) >= 11 is 0. The molecular weight excluding hydrogens is 447 g/mol.